The normalized spacial score (nSPS) is 12.2. The van der Waals surface area contributed by atoms with E-state index in [1.807, 2.05) is 12.1 Å². The quantitative estimate of drug-likeness (QED) is 0.414. The Morgan fingerprint density at radius 1 is 1.19 bits per heavy atom. The van der Waals surface area contributed by atoms with Crippen molar-refractivity contribution in [1.82, 2.24) is 24.6 Å². The van der Waals surface area contributed by atoms with Crippen molar-refractivity contribution in [3.05, 3.63) is 59.8 Å². The van der Waals surface area contributed by atoms with Gasteiger partial charge >= 0.3 is 0 Å². The molecule has 0 spiro atoms. The average Bonchev–Trinajstić information content (AvgIpc) is 3.39. The number of pyridine rings is 1. The summed E-state index contributed by atoms with van der Waals surface area (Å²) in [7, 11) is 3.57. The zero-order valence-electron chi connectivity index (χ0n) is 20.0. The summed E-state index contributed by atoms with van der Waals surface area (Å²) < 4.78 is 17.1. The number of hydrogen-bond acceptors (Lipinski definition) is 7. The lowest BCUT2D eigenvalue weighted by atomic mass is 9.95. The minimum absolute atomic E-state index is 0.190. The third-order valence-electron chi connectivity index (χ3n) is 5.65. The number of hydrogen-bond donors (Lipinski definition) is 2. The summed E-state index contributed by atoms with van der Waals surface area (Å²) in [5, 5.41) is 10.8. The first-order valence-corrected chi connectivity index (χ1v) is 12.2. The number of carbonyl (C=O) groups is 2. The van der Waals surface area contributed by atoms with Gasteiger partial charge in [0.1, 0.15) is 5.69 Å². The fraction of sp³-hybridized carbons (Fsp3) is 0.240. The van der Waals surface area contributed by atoms with Gasteiger partial charge in [0.05, 0.1) is 28.5 Å². The summed E-state index contributed by atoms with van der Waals surface area (Å²) in [5.74, 6) is -0.967. The highest BCUT2D eigenvalue weighted by atomic mass is 32.1. The van der Waals surface area contributed by atoms with Crippen molar-refractivity contribution in [2.24, 2.45) is 0 Å². The number of halogens is 1. The van der Waals surface area contributed by atoms with E-state index in [1.54, 1.807) is 48.2 Å². The SMILES string of the molecule is CC(=O)Nc1nc2c(s1)-c1c(c(-c3cccnc3)nn1-c1ccc(NC(=O)CN(C)C)cc1F)CC2. The molecule has 2 amide bonds. The summed E-state index contributed by atoms with van der Waals surface area (Å²) in [5.41, 5.74) is 4.71. The second-order valence-electron chi connectivity index (χ2n) is 8.76. The lowest BCUT2D eigenvalue weighted by Crippen LogP contribution is -2.27. The summed E-state index contributed by atoms with van der Waals surface area (Å²) >= 11 is 1.34. The number of fused-ring (bicyclic) bond motifs is 3. The maximum absolute atomic E-state index is 15.5. The Hall–Kier alpha value is -3.96. The first-order valence-electron chi connectivity index (χ1n) is 11.3. The van der Waals surface area contributed by atoms with E-state index in [0.29, 0.717) is 23.7 Å². The van der Waals surface area contributed by atoms with Crippen LogP contribution in [0.2, 0.25) is 0 Å². The number of aryl methyl sites for hydroxylation is 1. The number of thiazole rings is 1. The third-order valence-corrected chi connectivity index (χ3v) is 6.66. The predicted molar refractivity (Wildman–Crippen MR) is 137 cm³/mol. The number of anilines is 2. The minimum atomic E-state index is -0.528. The van der Waals surface area contributed by atoms with Crippen molar-refractivity contribution in [1.29, 1.82) is 0 Å². The summed E-state index contributed by atoms with van der Waals surface area (Å²) in [6.45, 7) is 1.63. The summed E-state index contributed by atoms with van der Waals surface area (Å²) in [4.78, 5) is 35.1. The van der Waals surface area contributed by atoms with Crippen LogP contribution in [0.1, 0.15) is 18.2 Å². The van der Waals surface area contributed by atoms with Crippen LogP contribution in [0, 0.1) is 5.82 Å². The first-order chi connectivity index (χ1) is 17.3. The zero-order valence-corrected chi connectivity index (χ0v) is 20.8. The summed E-state index contributed by atoms with van der Waals surface area (Å²) in [6.07, 6.45) is 4.77. The topological polar surface area (TPSA) is 105 Å². The predicted octanol–water partition coefficient (Wildman–Crippen LogP) is 3.75. The number of rotatable bonds is 6. The van der Waals surface area contributed by atoms with Crippen molar-refractivity contribution in [3.8, 4) is 27.5 Å². The van der Waals surface area contributed by atoms with E-state index in [4.69, 9.17) is 5.10 Å². The van der Waals surface area contributed by atoms with E-state index in [1.165, 1.54) is 24.3 Å². The van der Waals surface area contributed by atoms with E-state index in [2.05, 4.69) is 20.6 Å². The van der Waals surface area contributed by atoms with Crippen LogP contribution in [0.5, 0.6) is 0 Å². The Labute approximate surface area is 211 Å². The highest BCUT2D eigenvalue weighted by molar-refractivity contribution is 7.19. The lowest BCUT2D eigenvalue weighted by molar-refractivity contribution is -0.117. The summed E-state index contributed by atoms with van der Waals surface area (Å²) in [6, 6.07) is 8.31. The van der Waals surface area contributed by atoms with Crippen LogP contribution >= 0.6 is 11.3 Å². The van der Waals surface area contributed by atoms with Gasteiger partial charge < -0.3 is 15.5 Å². The van der Waals surface area contributed by atoms with Crippen LogP contribution in [-0.2, 0) is 22.4 Å². The van der Waals surface area contributed by atoms with Gasteiger partial charge in [-0.25, -0.2) is 14.1 Å². The highest BCUT2D eigenvalue weighted by Gasteiger charge is 2.30. The van der Waals surface area contributed by atoms with Crippen molar-refractivity contribution >= 4 is 34.0 Å². The molecule has 4 aromatic rings. The van der Waals surface area contributed by atoms with Gasteiger partial charge in [-0.05, 0) is 57.3 Å². The van der Waals surface area contributed by atoms with Crippen LogP contribution in [0.25, 0.3) is 27.5 Å². The van der Waals surface area contributed by atoms with Gasteiger partial charge in [-0.15, -0.1) is 0 Å². The number of benzene rings is 1. The lowest BCUT2D eigenvalue weighted by Gasteiger charge is -2.15. The molecule has 0 saturated carbocycles. The Morgan fingerprint density at radius 3 is 2.72 bits per heavy atom. The van der Waals surface area contributed by atoms with Gasteiger partial charge in [0, 0.05) is 36.1 Å². The molecular weight excluding hydrogens is 481 g/mol. The van der Waals surface area contributed by atoms with Crippen LogP contribution in [0.4, 0.5) is 15.2 Å². The number of aromatic nitrogens is 4. The molecule has 184 valence electrons. The van der Waals surface area contributed by atoms with E-state index in [-0.39, 0.29) is 24.0 Å². The molecule has 36 heavy (non-hydrogen) atoms. The van der Waals surface area contributed by atoms with Crippen LogP contribution < -0.4 is 10.6 Å². The molecule has 0 radical (unpaired) electrons. The highest BCUT2D eigenvalue weighted by Crippen LogP contribution is 2.44. The molecule has 0 bridgehead atoms. The van der Waals surface area contributed by atoms with E-state index in [9.17, 15) is 9.59 Å². The van der Waals surface area contributed by atoms with Gasteiger partial charge in [0.25, 0.3) is 0 Å². The van der Waals surface area contributed by atoms with Crippen molar-refractivity contribution in [2.45, 2.75) is 19.8 Å². The van der Waals surface area contributed by atoms with Crippen LogP contribution in [-0.4, -0.2) is 57.1 Å². The molecule has 5 rings (SSSR count). The molecule has 3 aromatic heterocycles. The number of nitrogens with one attached hydrogen (secondary N) is 2. The molecule has 9 nitrogen and oxygen atoms in total. The molecule has 1 aliphatic carbocycles. The monoisotopic (exact) mass is 505 g/mol. The van der Waals surface area contributed by atoms with Gasteiger partial charge in [-0.3, -0.25) is 14.6 Å². The third kappa shape index (κ3) is 4.62. The molecule has 3 heterocycles. The molecule has 0 fully saturated rings. The number of likely N-dealkylation sites (N-methyl/N-ethyl adjacent to an activating group) is 1. The van der Waals surface area contributed by atoms with Crippen LogP contribution in [0.3, 0.4) is 0 Å². The van der Waals surface area contributed by atoms with Crippen molar-refractivity contribution < 1.29 is 14.0 Å². The molecule has 0 aliphatic heterocycles. The number of amides is 2. The molecule has 0 saturated heterocycles. The molecule has 0 unspecified atom stereocenters. The molecule has 11 heteroatoms. The fourth-order valence-corrected chi connectivity index (χ4v) is 5.34. The zero-order chi connectivity index (χ0) is 25.4. The van der Waals surface area contributed by atoms with Gasteiger partial charge in [-0.1, -0.05) is 11.3 Å². The molecular formula is C25H24FN7O2S. The van der Waals surface area contributed by atoms with Crippen LogP contribution in [0.15, 0.2) is 42.7 Å². The molecule has 1 aliphatic rings. The minimum Gasteiger partial charge on any atom is -0.325 e. The Balaban J connectivity index is 1.62. The van der Waals surface area contributed by atoms with E-state index >= 15 is 4.39 Å². The Bertz CT molecular complexity index is 1460. The van der Waals surface area contributed by atoms with Gasteiger partial charge in [0.2, 0.25) is 11.8 Å². The Morgan fingerprint density at radius 2 is 2.03 bits per heavy atom. The largest absolute Gasteiger partial charge is 0.325 e. The maximum atomic E-state index is 15.5. The standard InChI is InChI=1S/C25H24FN7O2S/c1-14(34)28-25-30-19-8-7-17-22(15-5-4-10-27-12-15)31-33(23(17)24(19)36-25)20-9-6-16(11-18(20)26)29-21(35)13-32(2)3/h4-6,9-12H,7-8,13H2,1-3H3,(H,29,35)(H,28,30,34). The van der Waals surface area contributed by atoms with Crippen molar-refractivity contribution in [2.75, 3.05) is 31.3 Å². The van der Waals surface area contributed by atoms with Gasteiger partial charge in [0.15, 0.2) is 10.9 Å². The first kappa shape index (κ1) is 23.8. The smallest absolute Gasteiger partial charge is 0.238 e. The number of carbonyl (C=O) groups excluding carboxylic acids is 2. The molecule has 0 atom stereocenters. The van der Waals surface area contributed by atoms with E-state index in [0.717, 1.165) is 33.1 Å². The second kappa shape index (κ2) is 9.59. The second-order valence-corrected chi connectivity index (χ2v) is 9.76. The van der Waals surface area contributed by atoms with E-state index < -0.39 is 5.82 Å². The fourth-order valence-electron chi connectivity index (χ4n) is 4.23. The average molecular weight is 506 g/mol. The Kier molecular flexibility index (Phi) is 6.33. The number of nitrogens with zero attached hydrogens (tertiary/aromatic N) is 5. The van der Waals surface area contributed by atoms with Crippen molar-refractivity contribution in [3.63, 3.8) is 0 Å². The maximum Gasteiger partial charge on any atom is 0.238 e. The molecule has 1 aromatic carbocycles. The molecule has 2 N–H and O–H groups in total. The van der Waals surface area contributed by atoms with Gasteiger partial charge in [-0.2, -0.15) is 5.10 Å².